The third-order valence-corrected chi connectivity index (χ3v) is 4.73. The van der Waals surface area contributed by atoms with Crippen molar-refractivity contribution in [1.29, 1.82) is 0 Å². The van der Waals surface area contributed by atoms with Crippen molar-refractivity contribution < 1.29 is 4.79 Å². The molecule has 2 atom stereocenters. The maximum atomic E-state index is 11.6. The number of carbonyl (C=O) groups is 1. The van der Waals surface area contributed by atoms with Crippen LogP contribution in [0.15, 0.2) is 4.99 Å². The molecular formula is C14H28N4OS. The van der Waals surface area contributed by atoms with Crippen molar-refractivity contribution in [1.82, 2.24) is 15.5 Å². The number of nitrogens with zero attached hydrogens (tertiary/aromatic N) is 2. The van der Waals surface area contributed by atoms with Crippen molar-refractivity contribution in [3.63, 3.8) is 0 Å². The highest BCUT2D eigenvalue weighted by molar-refractivity contribution is 7.99. The molecule has 2 unspecified atom stereocenters. The molecule has 0 radical (unpaired) electrons. The highest BCUT2D eigenvalue weighted by atomic mass is 32.2. The smallest absolute Gasteiger partial charge is 0.241 e. The highest BCUT2D eigenvalue weighted by Gasteiger charge is 2.22. The molecule has 0 aromatic carbocycles. The molecule has 0 aromatic rings. The van der Waals surface area contributed by atoms with Gasteiger partial charge in [-0.1, -0.05) is 13.3 Å². The van der Waals surface area contributed by atoms with Crippen LogP contribution in [-0.4, -0.2) is 61.5 Å². The van der Waals surface area contributed by atoms with E-state index in [4.69, 9.17) is 0 Å². The van der Waals surface area contributed by atoms with Crippen LogP contribution in [0.2, 0.25) is 0 Å². The molecule has 1 aliphatic rings. The highest BCUT2D eigenvalue weighted by Crippen LogP contribution is 2.28. The molecule has 2 N–H and O–H groups in total. The molecular weight excluding hydrogens is 272 g/mol. The molecule has 116 valence electrons. The first-order chi connectivity index (χ1) is 9.56. The molecule has 20 heavy (non-hydrogen) atoms. The van der Waals surface area contributed by atoms with Crippen molar-refractivity contribution in [3.8, 4) is 0 Å². The van der Waals surface area contributed by atoms with Gasteiger partial charge in [0.15, 0.2) is 5.96 Å². The third kappa shape index (κ3) is 6.03. The number of rotatable bonds is 5. The lowest BCUT2D eigenvalue weighted by Crippen LogP contribution is -2.48. The van der Waals surface area contributed by atoms with Gasteiger partial charge in [0, 0.05) is 32.4 Å². The number of likely N-dealkylation sites (N-methyl/N-ethyl adjacent to an activating group) is 1. The Balaban J connectivity index is 2.38. The fourth-order valence-corrected chi connectivity index (χ4v) is 3.54. The van der Waals surface area contributed by atoms with Crippen LogP contribution in [0.4, 0.5) is 0 Å². The molecule has 0 saturated heterocycles. The Hall–Kier alpha value is -0.910. The Labute approximate surface area is 127 Å². The maximum absolute atomic E-state index is 11.6. The first-order valence-electron chi connectivity index (χ1n) is 7.35. The summed E-state index contributed by atoms with van der Waals surface area (Å²) in [6.07, 6.45) is 4.95. The fraction of sp³-hybridized carbons (Fsp3) is 0.857. The predicted molar refractivity (Wildman–Crippen MR) is 87.4 cm³/mol. The summed E-state index contributed by atoms with van der Waals surface area (Å²) in [4.78, 5) is 17.3. The molecule has 5 nitrogen and oxygen atoms in total. The second-order valence-electron chi connectivity index (χ2n) is 5.30. The van der Waals surface area contributed by atoms with E-state index in [1.54, 1.807) is 26.0 Å². The van der Waals surface area contributed by atoms with Gasteiger partial charge in [-0.3, -0.25) is 9.79 Å². The van der Waals surface area contributed by atoms with Crippen molar-refractivity contribution >= 4 is 23.6 Å². The van der Waals surface area contributed by atoms with Gasteiger partial charge in [-0.05, 0) is 25.0 Å². The Morgan fingerprint density at radius 3 is 2.75 bits per heavy atom. The van der Waals surface area contributed by atoms with Gasteiger partial charge in [-0.15, -0.1) is 0 Å². The summed E-state index contributed by atoms with van der Waals surface area (Å²) in [5.74, 6) is 1.96. The number of hydrogen-bond donors (Lipinski definition) is 2. The van der Waals surface area contributed by atoms with Crippen molar-refractivity contribution in [2.45, 2.75) is 43.9 Å². The lowest BCUT2D eigenvalue weighted by molar-refractivity contribution is -0.127. The lowest BCUT2D eigenvalue weighted by atomic mass is 9.95. The molecule has 6 heteroatoms. The van der Waals surface area contributed by atoms with Crippen LogP contribution >= 0.6 is 11.8 Å². The molecule has 0 heterocycles. The summed E-state index contributed by atoms with van der Waals surface area (Å²) < 4.78 is 0. The summed E-state index contributed by atoms with van der Waals surface area (Å²) in [6, 6.07) is 0.466. The van der Waals surface area contributed by atoms with E-state index in [9.17, 15) is 4.79 Å². The number of thioether (sulfide) groups is 1. The van der Waals surface area contributed by atoms with E-state index in [1.165, 1.54) is 31.4 Å². The molecule has 0 bridgehead atoms. The van der Waals surface area contributed by atoms with Gasteiger partial charge in [0.05, 0.1) is 6.54 Å². The number of nitrogens with one attached hydrogen (secondary N) is 2. The summed E-state index contributed by atoms with van der Waals surface area (Å²) in [7, 11) is 5.26. The summed E-state index contributed by atoms with van der Waals surface area (Å²) in [5, 5.41) is 7.29. The minimum absolute atomic E-state index is 0.0519. The van der Waals surface area contributed by atoms with Gasteiger partial charge in [0.1, 0.15) is 0 Å². The van der Waals surface area contributed by atoms with Gasteiger partial charge >= 0.3 is 0 Å². The van der Waals surface area contributed by atoms with E-state index in [-0.39, 0.29) is 12.5 Å². The number of amides is 1. The van der Waals surface area contributed by atoms with E-state index in [2.05, 4.69) is 34.3 Å². The topological polar surface area (TPSA) is 56.7 Å². The number of guanidine groups is 1. The van der Waals surface area contributed by atoms with Crippen LogP contribution in [0.5, 0.6) is 0 Å². The molecule has 0 aliphatic heterocycles. The van der Waals surface area contributed by atoms with Crippen molar-refractivity contribution in [2.75, 3.05) is 33.4 Å². The number of carbonyl (C=O) groups excluding carboxylic acids is 1. The zero-order valence-corrected chi connectivity index (χ0v) is 13.9. The Bertz CT molecular complexity index is 331. The summed E-state index contributed by atoms with van der Waals surface area (Å²) in [6.45, 7) is 2.50. The molecule has 1 rings (SSSR count). The Morgan fingerprint density at radius 2 is 2.15 bits per heavy atom. The van der Waals surface area contributed by atoms with E-state index < -0.39 is 0 Å². The van der Waals surface area contributed by atoms with Crippen LogP contribution in [-0.2, 0) is 4.79 Å². The van der Waals surface area contributed by atoms with Crippen LogP contribution in [0.25, 0.3) is 0 Å². The first-order valence-corrected chi connectivity index (χ1v) is 8.40. The fourth-order valence-electron chi connectivity index (χ4n) is 2.37. The summed E-state index contributed by atoms with van der Waals surface area (Å²) in [5.41, 5.74) is 0. The lowest BCUT2D eigenvalue weighted by Gasteiger charge is -2.30. The van der Waals surface area contributed by atoms with E-state index >= 15 is 0 Å². The minimum atomic E-state index is 0.0519. The predicted octanol–water partition coefficient (Wildman–Crippen LogP) is 1.30. The number of aliphatic imine (C=N–C) groups is 1. The zero-order chi connectivity index (χ0) is 15.0. The van der Waals surface area contributed by atoms with Gasteiger partial charge in [0.25, 0.3) is 0 Å². The van der Waals surface area contributed by atoms with Gasteiger partial charge < -0.3 is 15.5 Å². The van der Waals surface area contributed by atoms with Crippen molar-refractivity contribution in [3.05, 3.63) is 0 Å². The normalized spacial score (nSPS) is 23.3. The monoisotopic (exact) mass is 300 g/mol. The second kappa shape index (κ2) is 9.10. The quantitative estimate of drug-likeness (QED) is 0.594. The van der Waals surface area contributed by atoms with Gasteiger partial charge in [-0.25, -0.2) is 0 Å². The molecule has 0 aromatic heterocycles. The SMILES string of the molecule is CCSC1CCCC(NC(=NC)NCC(=O)N(C)C)C1. The van der Waals surface area contributed by atoms with Crippen LogP contribution in [0.3, 0.4) is 0 Å². The molecule has 0 spiro atoms. The van der Waals surface area contributed by atoms with Gasteiger partial charge in [0.2, 0.25) is 5.91 Å². The maximum Gasteiger partial charge on any atom is 0.241 e. The van der Waals surface area contributed by atoms with E-state index in [0.717, 1.165) is 11.2 Å². The van der Waals surface area contributed by atoms with E-state index in [0.29, 0.717) is 6.04 Å². The number of hydrogen-bond acceptors (Lipinski definition) is 3. The minimum Gasteiger partial charge on any atom is -0.354 e. The largest absolute Gasteiger partial charge is 0.354 e. The average Bonchev–Trinajstić information content (AvgIpc) is 2.43. The second-order valence-corrected chi connectivity index (χ2v) is 6.88. The van der Waals surface area contributed by atoms with E-state index in [1.807, 2.05) is 0 Å². The van der Waals surface area contributed by atoms with Crippen molar-refractivity contribution in [2.24, 2.45) is 4.99 Å². The van der Waals surface area contributed by atoms with Crippen LogP contribution < -0.4 is 10.6 Å². The molecule has 1 fully saturated rings. The molecule has 1 saturated carbocycles. The first kappa shape index (κ1) is 17.1. The average molecular weight is 300 g/mol. The zero-order valence-electron chi connectivity index (χ0n) is 13.1. The molecule has 1 aliphatic carbocycles. The van der Waals surface area contributed by atoms with Gasteiger partial charge in [-0.2, -0.15) is 11.8 Å². The summed E-state index contributed by atoms with van der Waals surface area (Å²) >= 11 is 2.05. The van der Waals surface area contributed by atoms with Crippen LogP contribution in [0, 0.1) is 0 Å². The Kier molecular flexibility index (Phi) is 7.80. The van der Waals surface area contributed by atoms with Crippen LogP contribution in [0.1, 0.15) is 32.6 Å². The molecule has 1 amide bonds. The third-order valence-electron chi connectivity index (χ3n) is 3.50. The Morgan fingerprint density at radius 1 is 1.40 bits per heavy atom. The standard InChI is InChI=1S/C14H28N4OS/c1-5-20-12-8-6-7-11(9-12)17-14(15-2)16-10-13(19)18(3)4/h11-12H,5-10H2,1-4H3,(H2,15,16,17).